The van der Waals surface area contributed by atoms with Crippen molar-refractivity contribution in [2.75, 3.05) is 5.32 Å². The molecule has 0 fully saturated rings. The summed E-state index contributed by atoms with van der Waals surface area (Å²) >= 11 is 0. The van der Waals surface area contributed by atoms with Crippen molar-refractivity contribution in [3.05, 3.63) is 59.7 Å². The second kappa shape index (κ2) is 7.38. The maximum Gasteiger partial charge on any atom is 0.418 e. The first-order valence-corrected chi connectivity index (χ1v) is 7.51. The van der Waals surface area contributed by atoms with E-state index in [9.17, 15) is 18.0 Å². The van der Waals surface area contributed by atoms with E-state index in [1.807, 2.05) is 19.1 Å². The van der Waals surface area contributed by atoms with E-state index in [0.29, 0.717) is 12.2 Å². The molecule has 0 bridgehead atoms. The first-order valence-electron chi connectivity index (χ1n) is 7.51. The van der Waals surface area contributed by atoms with Crippen LogP contribution in [0.15, 0.2) is 48.5 Å². The number of carbonyl (C=O) groups excluding carboxylic acids is 1. The van der Waals surface area contributed by atoms with Crippen LogP contribution in [0.1, 0.15) is 24.5 Å². The number of rotatable bonds is 5. The lowest BCUT2D eigenvalue weighted by molar-refractivity contribution is -0.137. The average Bonchev–Trinajstić information content (AvgIpc) is 2.53. The Balaban J connectivity index is 2.14. The van der Waals surface area contributed by atoms with E-state index < -0.39 is 23.8 Å². The summed E-state index contributed by atoms with van der Waals surface area (Å²) in [5.74, 6) is -0.124. The third-order valence-corrected chi connectivity index (χ3v) is 3.45. The molecule has 1 atom stereocenters. The second-order valence-electron chi connectivity index (χ2n) is 5.36. The number of ether oxygens (including phenoxy) is 1. The highest BCUT2D eigenvalue weighted by Crippen LogP contribution is 2.34. The van der Waals surface area contributed by atoms with Gasteiger partial charge in [0.15, 0.2) is 6.10 Å². The molecule has 0 heterocycles. The molecule has 0 saturated carbocycles. The van der Waals surface area contributed by atoms with Gasteiger partial charge in [0, 0.05) is 0 Å². The second-order valence-corrected chi connectivity index (χ2v) is 5.36. The van der Waals surface area contributed by atoms with E-state index in [0.717, 1.165) is 11.6 Å². The van der Waals surface area contributed by atoms with Crippen LogP contribution in [0.5, 0.6) is 5.75 Å². The number of nitrogens with one attached hydrogen (secondary N) is 1. The highest BCUT2D eigenvalue weighted by molar-refractivity contribution is 5.95. The number of halogens is 3. The first kappa shape index (κ1) is 17.8. The van der Waals surface area contributed by atoms with E-state index in [2.05, 4.69) is 5.32 Å². The third-order valence-electron chi connectivity index (χ3n) is 3.45. The smallest absolute Gasteiger partial charge is 0.418 e. The lowest BCUT2D eigenvalue weighted by Gasteiger charge is -2.19. The van der Waals surface area contributed by atoms with Crippen molar-refractivity contribution in [2.45, 2.75) is 32.5 Å². The molecule has 1 N–H and O–H groups in total. The SMILES string of the molecule is CC[C@@H](Oc1ccc(C)cc1)C(=O)Nc1ccccc1C(F)(F)F. The Hall–Kier alpha value is -2.50. The number of hydrogen-bond donors (Lipinski definition) is 1. The zero-order chi connectivity index (χ0) is 17.7. The van der Waals surface area contributed by atoms with Crippen molar-refractivity contribution in [3.63, 3.8) is 0 Å². The lowest BCUT2D eigenvalue weighted by atomic mass is 10.1. The number of para-hydroxylation sites is 1. The van der Waals surface area contributed by atoms with Gasteiger partial charge in [-0.25, -0.2) is 0 Å². The van der Waals surface area contributed by atoms with Gasteiger partial charge in [-0.1, -0.05) is 36.8 Å². The summed E-state index contributed by atoms with van der Waals surface area (Å²) in [7, 11) is 0. The Bertz CT molecular complexity index is 696. The molecule has 2 aromatic rings. The minimum atomic E-state index is -4.54. The minimum Gasteiger partial charge on any atom is -0.481 e. The summed E-state index contributed by atoms with van der Waals surface area (Å²) in [5, 5.41) is 2.32. The molecular formula is C18H18F3NO2. The molecule has 2 aromatic carbocycles. The van der Waals surface area contributed by atoms with Gasteiger partial charge in [0.2, 0.25) is 0 Å². The Morgan fingerprint density at radius 1 is 1.12 bits per heavy atom. The van der Waals surface area contributed by atoms with Crippen molar-refractivity contribution < 1.29 is 22.7 Å². The number of alkyl halides is 3. The standard InChI is InChI=1S/C18H18F3NO2/c1-3-16(24-13-10-8-12(2)9-11-13)17(23)22-15-7-5-4-6-14(15)18(19,20)21/h4-11,16H,3H2,1-2H3,(H,22,23)/t16-/m1/s1. The summed E-state index contributed by atoms with van der Waals surface area (Å²) in [6, 6.07) is 12.0. The van der Waals surface area contributed by atoms with Gasteiger partial charge in [0.1, 0.15) is 5.75 Å². The van der Waals surface area contributed by atoms with E-state index in [-0.39, 0.29) is 5.69 Å². The van der Waals surface area contributed by atoms with E-state index in [1.165, 1.54) is 18.2 Å². The van der Waals surface area contributed by atoms with Gasteiger partial charge in [0.25, 0.3) is 5.91 Å². The molecule has 1 amide bonds. The molecule has 0 saturated heterocycles. The summed E-state index contributed by atoms with van der Waals surface area (Å²) in [4.78, 5) is 12.3. The highest BCUT2D eigenvalue weighted by Gasteiger charge is 2.34. The van der Waals surface area contributed by atoms with Crippen LogP contribution in [0, 0.1) is 6.92 Å². The van der Waals surface area contributed by atoms with E-state index in [1.54, 1.807) is 19.1 Å². The van der Waals surface area contributed by atoms with Crippen molar-refractivity contribution >= 4 is 11.6 Å². The van der Waals surface area contributed by atoms with Crippen LogP contribution in [-0.4, -0.2) is 12.0 Å². The molecule has 3 nitrogen and oxygen atoms in total. The topological polar surface area (TPSA) is 38.3 Å². The van der Waals surface area contributed by atoms with Crippen LogP contribution in [0.3, 0.4) is 0 Å². The average molecular weight is 337 g/mol. The largest absolute Gasteiger partial charge is 0.481 e. The van der Waals surface area contributed by atoms with Gasteiger partial charge in [-0.3, -0.25) is 4.79 Å². The van der Waals surface area contributed by atoms with Crippen molar-refractivity contribution in [1.82, 2.24) is 0 Å². The Morgan fingerprint density at radius 2 is 1.75 bits per heavy atom. The van der Waals surface area contributed by atoms with Gasteiger partial charge < -0.3 is 10.1 Å². The van der Waals surface area contributed by atoms with Crippen LogP contribution in [0.2, 0.25) is 0 Å². The number of anilines is 1. The Labute approximate surface area is 138 Å². The van der Waals surface area contributed by atoms with Crippen molar-refractivity contribution in [3.8, 4) is 5.75 Å². The molecular weight excluding hydrogens is 319 g/mol. The summed E-state index contributed by atoms with van der Waals surface area (Å²) in [6.07, 6.45) is -5.09. The van der Waals surface area contributed by atoms with Gasteiger partial charge in [-0.2, -0.15) is 13.2 Å². The first-order chi connectivity index (χ1) is 11.3. The predicted molar refractivity (Wildman–Crippen MR) is 86.0 cm³/mol. The molecule has 0 unspecified atom stereocenters. The zero-order valence-electron chi connectivity index (χ0n) is 13.4. The van der Waals surface area contributed by atoms with Crippen molar-refractivity contribution in [1.29, 1.82) is 0 Å². The number of carbonyl (C=O) groups is 1. The number of aryl methyl sites for hydroxylation is 1. The molecule has 6 heteroatoms. The van der Waals surface area contributed by atoms with Gasteiger partial charge in [-0.15, -0.1) is 0 Å². The molecule has 0 aliphatic rings. The summed E-state index contributed by atoms with van der Waals surface area (Å²) < 4.78 is 44.5. The van der Waals surface area contributed by atoms with Gasteiger partial charge >= 0.3 is 6.18 Å². The van der Waals surface area contributed by atoms with Crippen LogP contribution in [-0.2, 0) is 11.0 Å². The lowest BCUT2D eigenvalue weighted by Crippen LogP contribution is -2.33. The molecule has 24 heavy (non-hydrogen) atoms. The monoisotopic (exact) mass is 337 g/mol. The molecule has 128 valence electrons. The minimum absolute atomic E-state index is 0.277. The van der Waals surface area contributed by atoms with Gasteiger partial charge in [0.05, 0.1) is 11.3 Å². The summed E-state index contributed by atoms with van der Waals surface area (Å²) in [6.45, 7) is 3.65. The van der Waals surface area contributed by atoms with Crippen LogP contribution in [0.4, 0.5) is 18.9 Å². The van der Waals surface area contributed by atoms with Crippen molar-refractivity contribution in [2.24, 2.45) is 0 Å². The molecule has 0 aliphatic carbocycles. The maximum atomic E-state index is 13.0. The molecule has 2 rings (SSSR count). The highest BCUT2D eigenvalue weighted by atomic mass is 19.4. The van der Waals surface area contributed by atoms with Crippen LogP contribution in [0.25, 0.3) is 0 Å². The Kier molecular flexibility index (Phi) is 5.49. The fourth-order valence-electron chi connectivity index (χ4n) is 2.16. The molecule has 0 spiro atoms. The van der Waals surface area contributed by atoms with Crippen LogP contribution >= 0.6 is 0 Å². The van der Waals surface area contributed by atoms with E-state index in [4.69, 9.17) is 4.74 Å². The normalized spacial score (nSPS) is 12.5. The quantitative estimate of drug-likeness (QED) is 0.850. The van der Waals surface area contributed by atoms with Gasteiger partial charge in [-0.05, 0) is 37.6 Å². The maximum absolute atomic E-state index is 13.0. The zero-order valence-corrected chi connectivity index (χ0v) is 13.4. The third kappa shape index (κ3) is 4.50. The fourth-order valence-corrected chi connectivity index (χ4v) is 2.16. The van der Waals surface area contributed by atoms with E-state index >= 15 is 0 Å². The number of benzene rings is 2. The van der Waals surface area contributed by atoms with Crippen LogP contribution < -0.4 is 10.1 Å². The predicted octanol–water partition coefficient (Wildman–Crippen LogP) is 4.81. The number of amides is 1. The number of hydrogen-bond acceptors (Lipinski definition) is 2. The molecule has 0 radical (unpaired) electrons. The Morgan fingerprint density at radius 3 is 2.33 bits per heavy atom. The molecule has 0 aliphatic heterocycles. The summed E-state index contributed by atoms with van der Waals surface area (Å²) in [5.41, 5.74) is -0.122. The molecule has 0 aromatic heterocycles. The fraction of sp³-hybridized carbons (Fsp3) is 0.278.